The van der Waals surface area contributed by atoms with Crippen molar-refractivity contribution in [1.29, 1.82) is 0 Å². The summed E-state index contributed by atoms with van der Waals surface area (Å²) in [4.78, 5) is 12.8. The SMILES string of the molecule is NC(=O)C1CCN(c2ccc(CO)c(C(F)(F)F)c2)C1. The van der Waals surface area contributed by atoms with Gasteiger partial charge in [-0.05, 0) is 24.1 Å². The number of rotatable bonds is 3. The van der Waals surface area contributed by atoms with Crippen molar-refractivity contribution < 1.29 is 23.1 Å². The fourth-order valence-corrected chi connectivity index (χ4v) is 2.39. The van der Waals surface area contributed by atoms with Crippen LogP contribution in [0.5, 0.6) is 0 Å². The number of carbonyl (C=O) groups excluding carboxylic acids is 1. The van der Waals surface area contributed by atoms with E-state index in [0.717, 1.165) is 6.07 Å². The minimum atomic E-state index is -4.52. The van der Waals surface area contributed by atoms with Gasteiger partial charge in [0.1, 0.15) is 0 Å². The highest BCUT2D eigenvalue weighted by atomic mass is 19.4. The number of benzene rings is 1. The number of aliphatic hydroxyl groups is 1. The highest BCUT2D eigenvalue weighted by molar-refractivity contribution is 5.78. The lowest BCUT2D eigenvalue weighted by Gasteiger charge is -2.21. The van der Waals surface area contributed by atoms with Crippen LogP contribution in [0.4, 0.5) is 18.9 Å². The first-order chi connectivity index (χ1) is 9.32. The molecule has 7 heteroatoms. The maximum atomic E-state index is 12.9. The molecule has 0 radical (unpaired) electrons. The number of halogens is 3. The Morgan fingerprint density at radius 2 is 2.15 bits per heavy atom. The Bertz CT molecular complexity index is 517. The molecule has 3 N–H and O–H groups in total. The predicted molar refractivity (Wildman–Crippen MR) is 66.9 cm³/mol. The van der Waals surface area contributed by atoms with Crippen LogP contribution in [-0.2, 0) is 17.6 Å². The largest absolute Gasteiger partial charge is 0.416 e. The molecular formula is C13H15F3N2O2. The number of amides is 1. The smallest absolute Gasteiger partial charge is 0.392 e. The van der Waals surface area contributed by atoms with Gasteiger partial charge in [0.15, 0.2) is 0 Å². The molecule has 1 aliphatic heterocycles. The molecule has 2 rings (SSSR count). The minimum absolute atomic E-state index is 0.160. The highest BCUT2D eigenvalue weighted by Crippen LogP contribution is 2.35. The summed E-state index contributed by atoms with van der Waals surface area (Å²) in [5.41, 5.74) is 4.58. The third kappa shape index (κ3) is 2.87. The Morgan fingerprint density at radius 1 is 1.45 bits per heavy atom. The molecule has 0 aromatic heterocycles. The Morgan fingerprint density at radius 3 is 2.65 bits per heavy atom. The van der Waals surface area contributed by atoms with Gasteiger partial charge in [-0.3, -0.25) is 4.79 Å². The molecular weight excluding hydrogens is 273 g/mol. The van der Waals surface area contributed by atoms with E-state index in [-0.39, 0.29) is 11.5 Å². The van der Waals surface area contributed by atoms with Gasteiger partial charge in [0.25, 0.3) is 0 Å². The second-order valence-electron chi connectivity index (χ2n) is 4.83. The van der Waals surface area contributed by atoms with Gasteiger partial charge in [-0.2, -0.15) is 13.2 Å². The van der Waals surface area contributed by atoms with E-state index in [1.165, 1.54) is 12.1 Å². The first-order valence-electron chi connectivity index (χ1n) is 6.18. The normalized spacial score (nSPS) is 19.4. The predicted octanol–water partition coefficient (Wildman–Crippen LogP) is 1.51. The monoisotopic (exact) mass is 288 g/mol. The number of alkyl halides is 3. The van der Waals surface area contributed by atoms with Gasteiger partial charge in [0.2, 0.25) is 5.91 Å². The molecule has 110 valence electrons. The van der Waals surface area contributed by atoms with Crippen molar-refractivity contribution in [2.24, 2.45) is 11.7 Å². The third-order valence-electron chi connectivity index (χ3n) is 3.52. The molecule has 0 aliphatic carbocycles. The van der Waals surface area contributed by atoms with Gasteiger partial charge in [-0.15, -0.1) is 0 Å². The second-order valence-corrected chi connectivity index (χ2v) is 4.83. The van der Waals surface area contributed by atoms with Crippen LogP contribution < -0.4 is 10.6 Å². The Kier molecular flexibility index (Phi) is 3.89. The molecule has 1 fully saturated rings. The molecule has 4 nitrogen and oxygen atoms in total. The summed E-state index contributed by atoms with van der Waals surface area (Å²) in [6, 6.07) is 3.79. The van der Waals surface area contributed by atoms with Gasteiger partial charge in [0.05, 0.1) is 18.1 Å². The number of nitrogens with two attached hydrogens (primary N) is 1. The van der Waals surface area contributed by atoms with Crippen LogP contribution in [0.25, 0.3) is 0 Å². The summed E-state index contributed by atoms with van der Waals surface area (Å²) in [7, 11) is 0. The molecule has 20 heavy (non-hydrogen) atoms. The van der Waals surface area contributed by atoms with Crippen LogP contribution in [0, 0.1) is 5.92 Å². The molecule has 1 aromatic carbocycles. The molecule has 0 spiro atoms. The summed E-state index contributed by atoms with van der Waals surface area (Å²) >= 11 is 0. The van der Waals surface area contributed by atoms with Crippen molar-refractivity contribution in [3.8, 4) is 0 Å². The lowest BCUT2D eigenvalue weighted by Crippen LogP contribution is -2.27. The molecule has 1 amide bonds. The number of hydrogen-bond donors (Lipinski definition) is 2. The first-order valence-corrected chi connectivity index (χ1v) is 6.18. The second kappa shape index (κ2) is 5.32. The number of nitrogens with zero attached hydrogens (tertiary/aromatic N) is 1. The first kappa shape index (κ1) is 14.6. The van der Waals surface area contributed by atoms with Gasteiger partial charge < -0.3 is 15.7 Å². The van der Waals surface area contributed by atoms with E-state index in [1.807, 2.05) is 0 Å². The van der Waals surface area contributed by atoms with Crippen molar-refractivity contribution in [2.75, 3.05) is 18.0 Å². The lowest BCUT2D eigenvalue weighted by atomic mass is 10.1. The van der Waals surface area contributed by atoms with Gasteiger partial charge in [-0.1, -0.05) is 6.07 Å². The molecule has 1 atom stereocenters. The van der Waals surface area contributed by atoms with Crippen LogP contribution in [0.3, 0.4) is 0 Å². The summed E-state index contributed by atoms with van der Waals surface area (Å²) in [5.74, 6) is -0.766. The zero-order valence-corrected chi connectivity index (χ0v) is 10.7. The number of aliphatic hydroxyl groups excluding tert-OH is 1. The zero-order valence-electron chi connectivity index (χ0n) is 10.7. The van der Waals surface area contributed by atoms with Crippen molar-refractivity contribution in [2.45, 2.75) is 19.2 Å². The van der Waals surface area contributed by atoms with E-state index in [9.17, 15) is 18.0 Å². The molecule has 1 aliphatic rings. The number of hydrogen-bond acceptors (Lipinski definition) is 3. The summed E-state index contributed by atoms with van der Waals surface area (Å²) in [5, 5.41) is 8.98. The van der Waals surface area contributed by atoms with E-state index in [4.69, 9.17) is 10.8 Å². The Balaban J connectivity index is 2.28. The standard InChI is InChI=1S/C13H15F3N2O2/c14-13(15,16)11-5-10(2-1-9(11)7-19)18-4-3-8(6-18)12(17)20/h1-2,5,8,19H,3-4,6-7H2,(H2,17,20). The number of anilines is 1. The van der Waals surface area contributed by atoms with Crippen LogP contribution in [0.15, 0.2) is 18.2 Å². The maximum Gasteiger partial charge on any atom is 0.416 e. The minimum Gasteiger partial charge on any atom is -0.392 e. The quantitative estimate of drug-likeness (QED) is 0.886. The molecule has 1 saturated heterocycles. The van der Waals surface area contributed by atoms with Gasteiger partial charge >= 0.3 is 6.18 Å². The van der Waals surface area contributed by atoms with Gasteiger partial charge in [0, 0.05) is 18.8 Å². The van der Waals surface area contributed by atoms with Gasteiger partial charge in [-0.25, -0.2) is 0 Å². The average Bonchev–Trinajstić information content (AvgIpc) is 2.86. The van der Waals surface area contributed by atoms with Crippen molar-refractivity contribution in [3.63, 3.8) is 0 Å². The van der Waals surface area contributed by atoms with E-state index >= 15 is 0 Å². The van der Waals surface area contributed by atoms with E-state index in [2.05, 4.69) is 0 Å². The lowest BCUT2D eigenvalue weighted by molar-refractivity contribution is -0.138. The highest BCUT2D eigenvalue weighted by Gasteiger charge is 2.34. The maximum absolute atomic E-state index is 12.9. The van der Waals surface area contributed by atoms with E-state index in [1.54, 1.807) is 4.90 Å². The van der Waals surface area contributed by atoms with Crippen LogP contribution >= 0.6 is 0 Å². The topological polar surface area (TPSA) is 66.6 Å². The summed E-state index contributed by atoms with van der Waals surface area (Å²) < 4.78 is 38.7. The van der Waals surface area contributed by atoms with Crippen LogP contribution in [0.1, 0.15) is 17.5 Å². The fraction of sp³-hybridized carbons (Fsp3) is 0.462. The Labute approximate surface area is 114 Å². The van der Waals surface area contributed by atoms with Crippen molar-refractivity contribution in [1.82, 2.24) is 0 Å². The van der Waals surface area contributed by atoms with Crippen LogP contribution in [0.2, 0.25) is 0 Å². The molecule has 0 saturated carbocycles. The summed E-state index contributed by atoms with van der Waals surface area (Å²) in [6.45, 7) is 0.146. The molecule has 1 heterocycles. The van der Waals surface area contributed by atoms with E-state index < -0.39 is 24.3 Å². The molecule has 1 unspecified atom stereocenters. The molecule has 1 aromatic rings. The average molecular weight is 288 g/mol. The summed E-state index contributed by atoms with van der Waals surface area (Å²) in [6.07, 6.45) is -3.98. The van der Waals surface area contributed by atoms with Crippen molar-refractivity contribution in [3.05, 3.63) is 29.3 Å². The number of carbonyl (C=O) groups is 1. The third-order valence-corrected chi connectivity index (χ3v) is 3.52. The Hall–Kier alpha value is -1.76. The molecule has 0 bridgehead atoms. The zero-order chi connectivity index (χ0) is 14.9. The number of primary amides is 1. The fourth-order valence-electron chi connectivity index (χ4n) is 2.39. The van der Waals surface area contributed by atoms with Crippen molar-refractivity contribution >= 4 is 11.6 Å². The van der Waals surface area contributed by atoms with Crippen LogP contribution in [-0.4, -0.2) is 24.1 Å². The van der Waals surface area contributed by atoms with E-state index in [0.29, 0.717) is 25.2 Å².